The molecule has 0 unspecified atom stereocenters. The minimum absolute atomic E-state index is 0.274. The Hall–Kier alpha value is -3.12. The number of esters is 1. The fourth-order valence-corrected chi connectivity index (χ4v) is 2.67. The second-order valence-corrected chi connectivity index (χ2v) is 6.34. The third-order valence-electron chi connectivity index (χ3n) is 3.88. The van der Waals surface area contributed by atoms with E-state index in [1.54, 1.807) is 28.8 Å². The average molecular weight is 384 g/mol. The molecule has 0 fully saturated rings. The van der Waals surface area contributed by atoms with Gasteiger partial charge in [-0.25, -0.2) is 9.78 Å². The number of fused-ring (bicyclic) bond motifs is 1. The van der Waals surface area contributed by atoms with Gasteiger partial charge < -0.3 is 10.1 Å². The van der Waals surface area contributed by atoms with Crippen LogP contribution in [0.2, 0.25) is 5.15 Å². The predicted octanol–water partition coefficient (Wildman–Crippen LogP) is 3.88. The van der Waals surface area contributed by atoms with Crippen molar-refractivity contribution in [3.63, 3.8) is 0 Å². The predicted molar refractivity (Wildman–Crippen MR) is 105 cm³/mol. The number of amides is 1. The van der Waals surface area contributed by atoms with Crippen molar-refractivity contribution in [3.8, 4) is 0 Å². The summed E-state index contributed by atoms with van der Waals surface area (Å²) in [5.74, 6) is -1.06. The van der Waals surface area contributed by atoms with Gasteiger partial charge in [0.2, 0.25) is 0 Å². The molecule has 0 spiro atoms. The van der Waals surface area contributed by atoms with Gasteiger partial charge in [-0.1, -0.05) is 35.4 Å². The number of aromatic nitrogens is 2. The summed E-state index contributed by atoms with van der Waals surface area (Å²) < 4.78 is 6.90. The number of nitrogens with zero attached hydrogens (tertiary/aromatic N) is 2. The molecule has 27 heavy (non-hydrogen) atoms. The first-order chi connectivity index (χ1) is 12.9. The van der Waals surface area contributed by atoms with Crippen LogP contribution >= 0.6 is 11.6 Å². The Morgan fingerprint density at radius 1 is 1.22 bits per heavy atom. The molecule has 0 bridgehead atoms. The summed E-state index contributed by atoms with van der Waals surface area (Å²) in [7, 11) is 0. The van der Waals surface area contributed by atoms with Gasteiger partial charge in [-0.15, -0.1) is 0 Å². The van der Waals surface area contributed by atoms with Gasteiger partial charge in [0, 0.05) is 18.0 Å². The van der Waals surface area contributed by atoms with Crippen LogP contribution in [0.4, 0.5) is 5.69 Å². The molecule has 3 aromatic rings. The van der Waals surface area contributed by atoms with Crippen molar-refractivity contribution in [1.82, 2.24) is 9.38 Å². The SMILES string of the molecule is Cc1ccc(NC(=O)[C@@H](C)OC(=O)/C=C/c2c(Cl)nc3ccccn23)cc1. The number of imidazole rings is 1. The fraction of sp³-hybridized carbons (Fsp3) is 0.150. The van der Waals surface area contributed by atoms with Crippen LogP contribution in [0, 0.1) is 6.92 Å². The van der Waals surface area contributed by atoms with Gasteiger partial charge in [-0.05, 0) is 44.2 Å². The topological polar surface area (TPSA) is 72.7 Å². The van der Waals surface area contributed by atoms with Gasteiger partial charge in [-0.2, -0.15) is 0 Å². The smallest absolute Gasteiger partial charge is 0.331 e. The Bertz CT molecular complexity index is 1010. The maximum Gasteiger partial charge on any atom is 0.331 e. The number of rotatable bonds is 5. The summed E-state index contributed by atoms with van der Waals surface area (Å²) >= 11 is 6.11. The number of carbonyl (C=O) groups is 2. The van der Waals surface area contributed by atoms with E-state index in [4.69, 9.17) is 16.3 Å². The van der Waals surface area contributed by atoms with Crippen LogP contribution in [0.5, 0.6) is 0 Å². The first kappa shape index (κ1) is 18.7. The van der Waals surface area contributed by atoms with Crippen LogP contribution in [-0.2, 0) is 14.3 Å². The number of hydrogen-bond donors (Lipinski definition) is 1. The molecule has 0 radical (unpaired) electrons. The highest BCUT2D eigenvalue weighted by molar-refractivity contribution is 6.31. The highest BCUT2D eigenvalue weighted by Gasteiger charge is 2.17. The zero-order chi connectivity index (χ0) is 19.4. The summed E-state index contributed by atoms with van der Waals surface area (Å²) in [6.45, 7) is 3.47. The van der Waals surface area contributed by atoms with E-state index in [-0.39, 0.29) is 5.15 Å². The third-order valence-corrected chi connectivity index (χ3v) is 4.16. The molecule has 0 aliphatic carbocycles. The van der Waals surface area contributed by atoms with Crippen LogP contribution in [0.1, 0.15) is 18.2 Å². The van der Waals surface area contributed by atoms with E-state index in [1.807, 2.05) is 31.2 Å². The lowest BCUT2D eigenvalue weighted by Gasteiger charge is -2.12. The van der Waals surface area contributed by atoms with Crippen LogP contribution in [-0.4, -0.2) is 27.4 Å². The summed E-state index contributed by atoms with van der Waals surface area (Å²) in [4.78, 5) is 28.4. The Balaban J connectivity index is 1.62. The van der Waals surface area contributed by atoms with Crippen LogP contribution in [0.15, 0.2) is 54.7 Å². The van der Waals surface area contributed by atoms with Crippen LogP contribution in [0.25, 0.3) is 11.7 Å². The van der Waals surface area contributed by atoms with Crippen LogP contribution in [0.3, 0.4) is 0 Å². The largest absolute Gasteiger partial charge is 0.449 e. The standard InChI is InChI=1S/C20H18ClN3O3/c1-13-6-8-15(9-7-13)22-20(26)14(2)27-18(25)11-10-16-19(21)23-17-5-3-4-12-24(16)17/h3-12,14H,1-2H3,(H,22,26)/b11-10+/t14-/m1/s1. The minimum Gasteiger partial charge on any atom is -0.449 e. The molecule has 138 valence electrons. The maximum atomic E-state index is 12.1. The second-order valence-electron chi connectivity index (χ2n) is 5.98. The number of carbonyl (C=O) groups excluding carboxylic acids is 2. The fourth-order valence-electron chi connectivity index (χ4n) is 2.43. The van der Waals surface area contributed by atoms with Gasteiger partial charge in [-0.3, -0.25) is 9.20 Å². The normalized spacial score (nSPS) is 12.3. The zero-order valence-corrected chi connectivity index (χ0v) is 15.6. The number of hydrogen-bond acceptors (Lipinski definition) is 4. The van der Waals surface area contributed by atoms with E-state index >= 15 is 0 Å². The molecule has 2 heterocycles. The van der Waals surface area contributed by atoms with Gasteiger partial charge in [0.1, 0.15) is 5.65 Å². The van der Waals surface area contributed by atoms with Crippen molar-refractivity contribution in [3.05, 3.63) is 71.1 Å². The Labute approximate surface area is 161 Å². The van der Waals surface area contributed by atoms with E-state index in [0.29, 0.717) is 17.0 Å². The monoisotopic (exact) mass is 383 g/mol. The van der Waals surface area contributed by atoms with E-state index in [9.17, 15) is 9.59 Å². The number of halogens is 1. The van der Waals surface area contributed by atoms with E-state index in [0.717, 1.165) is 5.56 Å². The Morgan fingerprint density at radius 2 is 1.96 bits per heavy atom. The molecule has 0 saturated carbocycles. The number of ether oxygens (including phenoxy) is 1. The molecule has 7 heteroatoms. The van der Waals surface area contributed by atoms with Crippen molar-refractivity contribution in [2.75, 3.05) is 5.32 Å². The lowest BCUT2D eigenvalue weighted by Crippen LogP contribution is -2.29. The summed E-state index contributed by atoms with van der Waals surface area (Å²) in [6.07, 6.45) is 3.57. The molecule has 1 amide bonds. The quantitative estimate of drug-likeness (QED) is 0.536. The Morgan fingerprint density at radius 3 is 2.70 bits per heavy atom. The molecule has 6 nitrogen and oxygen atoms in total. The van der Waals surface area contributed by atoms with Gasteiger partial charge in [0.05, 0.1) is 5.69 Å². The number of benzene rings is 1. The lowest BCUT2D eigenvalue weighted by molar-refractivity contribution is -0.148. The van der Waals surface area contributed by atoms with Crippen molar-refractivity contribution >= 4 is 40.9 Å². The van der Waals surface area contributed by atoms with E-state index in [2.05, 4.69) is 10.3 Å². The zero-order valence-electron chi connectivity index (χ0n) is 14.8. The van der Waals surface area contributed by atoms with E-state index in [1.165, 1.54) is 19.1 Å². The second kappa shape index (κ2) is 8.05. The molecule has 1 N–H and O–H groups in total. The van der Waals surface area contributed by atoms with Crippen molar-refractivity contribution in [2.24, 2.45) is 0 Å². The highest BCUT2D eigenvalue weighted by atomic mass is 35.5. The lowest BCUT2D eigenvalue weighted by atomic mass is 10.2. The number of anilines is 1. The highest BCUT2D eigenvalue weighted by Crippen LogP contribution is 2.19. The number of pyridine rings is 1. The van der Waals surface area contributed by atoms with Gasteiger partial charge >= 0.3 is 5.97 Å². The number of aryl methyl sites for hydroxylation is 1. The maximum absolute atomic E-state index is 12.1. The molecule has 0 aliphatic rings. The molecular weight excluding hydrogens is 366 g/mol. The third kappa shape index (κ3) is 4.54. The molecule has 0 saturated heterocycles. The molecule has 0 aliphatic heterocycles. The number of nitrogens with one attached hydrogen (secondary N) is 1. The summed E-state index contributed by atoms with van der Waals surface area (Å²) in [5, 5.41) is 2.98. The van der Waals surface area contributed by atoms with Gasteiger partial charge in [0.25, 0.3) is 5.91 Å². The molecule has 1 aromatic carbocycles. The first-order valence-corrected chi connectivity index (χ1v) is 8.70. The Kier molecular flexibility index (Phi) is 5.57. The van der Waals surface area contributed by atoms with Crippen molar-refractivity contribution in [1.29, 1.82) is 0 Å². The summed E-state index contributed by atoms with van der Waals surface area (Å²) in [5.41, 5.74) is 2.95. The minimum atomic E-state index is -0.943. The van der Waals surface area contributed by atoms with Crippen molar-refractivity contribution in [2.45, 2.75) is 20.0 Å². The van der Waals surface area contributed by atoms with Gasteiger partial charge in [0.15, 0.2) is 11.3 Å². The molecule has 2 aromatic heterocycles. The molecule has 3 rings (SSSR count). The van der Waals surface area contributed by atoms with Crippen LogP contribution < -0.4 is 5.32 Å². The molecule has 1 atom stereocenters. The first-order valence-electron chi connectivity index (χ1n) is 8.33. The van der Waals surface area contributed by atoms with Crippen molar-refractivity contribution < 1.29 is 14.3 Å². The van der Waals surface area contributed by atoms with E-state index < -0.39 is 18.0 Å². The summed E-state index contributed by atoms with van der Waals surface area (Å²) in [6, 6.07) is 12.8. The average Bonchev–Trinajstić information content (AvgIpc) is 2.97. The molecular formula is C20H18ClN3O3.